The number of carbonyl (C=O) groups is 1. The Morgan fingerprint density at radius 1 is 1.23 bits per heavy atom. The third-order valence-corrected chi connectivity index (χ3v) is 2.72. The lowest BCUT2D eigenvalue weighted by Crippen LogP contribution is -2.29. The second-order valence-electron chi connectivity index (χ2n) is 4.33. The molecule has 120 valence electrons. The van der Waals surface area contributed by atoms with Crippen LogP contribution in [0.1, 0.15) is 19.4 Å². The van der Waals surface area contributed by atoms with Gasteiger partial charge in [0.25, 0.3) is 0 Å². The average molecular weight is 307 g/mol. The fourth-order valence-corrected chi connectivity index (χ4v) is 1.77. The Bertz CT molecular complexity index is 492. The normalized spacial score (nSPS) is 10.3. The van der Waals surface area contributed by atoms with Gasteiger partial charge in [0.05, 0.1) is 13.2 Å². The van der Waals surface area contributed by atoms with Gasteiger partial charge in [-0.25, -0.2) is 0 Å². The number of nitrogens with zero attached hydrogens (tertiary/aromatic N) is 3. The first kappa shape index (κ1) is 18.0. The first-order chi connectivity index (χ1) is 10.7. The van der Waals surface area contributed by atoms with Crippen molar-refractivity contribution >= 4 is 5.78 Å². The molecule has 0 aromatic heterocycles. The quantitative estimate of drug-likeness (QED) is 0.206. The topological polar surface area (TPSA) is 93.5 Å². The fourth-order valence-electron chi connectivity index (χ4n) is 1.77. The van der Waals surface area contributed by atoms with Crippen molar-refractivity contribution < 1.29 is 19.0 Å². The molecule has 0 aliphatic heterocycles. The average Bonchev–Trinajstić information content (AvgIpc) is 2.53. The van der Waals surface area contributed by atoms with Crippen molar-refractivity contribution in [3.05, 3.63) is 40.3 Å². The lowest BCUT2D eigenvalue weighted by Gasteiger charge is -2.15. The van der Waals surface area contributed by atoms with Crippen molar-refractivity contribution in [1.29, 1.82) is 0 Å². The highest BCUT2D eigenvalue weighted by atomic mass is 16.7. The zero-order valence-electron chi connectivity index (χ0n) is 12.9. The molecule has 1 aromatic carbocycles. The molecule has 22 heavy (non-hydrogen) atoms. The molecule has 0 saturated carbocycles. The number of rotatable bonds is 11. The van der Waals surface area contributed by atoms with Crippen molar-refractivity contribution in [3.8, 4) is 5.75 Å². The molecule has 0 radical (unpaired) electrons. The molecule has 0 saturated heterocycles. The van der Waals surface area contributed by atoms with E-state index in [4.69, 9.17) is 19.7 Å². The summed E-state index contributed by atoms with van der Waals surface area (Å²) in [6.45, 7) is 5.09. The first-order valence-electron chi connectivity index (χ1n) is 7.19. The maximum absolute atomic E-state index is 12.1. The van der Waals surface area contributed by atoms with Crippen molar-refractivity contribution in [3.63, 3.8) is 0 Å². The summed E-state index contributed by atoms with van der Waals surface area (Å²) < 4.78 is 16.0. The van der Waals surface area contributed by atoms with E-state index >= 15 is 0 Å². The van der Waals surface area contributed by atoms with E-state index in [9.17, 15) is 4.79 Å². The van der Waals surface area contributed by atoms with Gasteiger partial charge in [-0.1, -0.05) is 17.2 Å². The molecule has 7 nitrogen and oxygen atoms in total. The van der Waals surface area contributed by atoms with Gasteiger partial charge in [-0.2, -0.15) is 0 Å². The molecule has 0 atom stereocenters. The Labute approximate surface area is 129 Å². The Morgan fingerprint density at radius 3 is 2.41 bits per heavy atom. The predicted octanol–water partition coefficient (Wildman–Crippen LogP) is 2.89. The number of benzene rings is 1. The summed E-state index contributed by atoms with van der Waals surface area (Å²) in [6.07, 6.45) is -0.571. The molecule has 0 unspecified atom stereocenters. The minimum absolute atomic E-state index is 0.110. The number of carbonyl (C=O) groups excluding carboxylic acids is 1. The third kappa shape index (κ3) is 6.58. The summed E-state index contributed by atoms with van der Waals surface area (Å²) in [4.78, 5) is 14.7. The van der Waals surface area contributed by atoms with E-state index in [-0.39, 0.29) is 18.7 Å². The largest absolute Gasteiger partial charge is 0.493 e. The van der Waals surface area contributed by atoms with E-state index in [0.717, 1.165) is 5.56 Å². The summed E-state index contributed by atoms with van der Waals surface area (Å²) in [7, 11) is 0. The van der Waals surface area contributed by atoms with Crippen LogP contribution >= 0.6 is 0 Å². The molecule has 0 amide bonds. The zero-order valence-corrected chi connectivity index (χ0v) is 12.9. The number of ether oxygens (including phenoxy) is 3. The van der Waals surface area contributed by atoms with E-state index in [1.54, 1.807) is 12.1 Å². The van der Waals surface area contributed by atoms with Crippen molar-refractivity contribution in [2.24, 2.45) is 5.11 Å². The van der Waals surface area contributed by atoms with Gasteiger partial charge in [0.15, 0.2) is 5.78 Å². The second-order valence-corrected chi connectivity index (χ2v) is 4.33. The maximum atomic E-state index is 12.1. The maximum Gasteiger partial charge on any atom is 0.218 e. The highest BCUT2D eigenvalue weighted by molar-refractivity contribution is 5.84. The smallest absolute Gasteiger partial charge is 0.218 e. The van der Waals surface area contributed by atoms with E-state index in [1.807, 2.05) is 26.0 Å². The molecule has 1 rings (SSSR count). The van der Waals surface area contributed by atoms with Crippen LogP contribution in [0.15, 0.2) is 29.4 Å². The lowest BCUT2D eigenvalue weighted by atomic mass is 10.1. The summed E-state index contributed by atoms with van der Waals surface area (Å²) in [6, 6.07) is 7.18. The van der Waals surface area contributed by atoms with Crippen LogP contribution < -0.4 is 4.74 Å². The molecule has 0 fully saturated rings. The van der Waals surface area contributed by atoms with Crippen LogP contribution in [0, 0.1) is 0 Å². The Balaban J connectivity index is 2.51. The minimum Gasteiger partial charge on any atom is -0.493 e. The molecule has 1 aromatic rings. The van der Waals surface area contributed by atoms with Gasteiger partial charge < -0.3 is 14.2 Å². The van der Waals surface area contributed by atoms with Gasteiger partial charge in [-0.3, -0.25) is 4.79 Å². The molecular formula is C15H21N3O4. The monoisotopic (exact) mass is 307 g/mol. The molecule has 0 aliphatic carbocycles. The van der Waals surface area contributed by atoms with Crippen LogP contribution in [0.4, 0.5) is 0 Å². The SMILES string of the molecule is CCOC(OCC)C(=O)Cc1ccc(OCCN=[N+]=[N-])cc1. The number of hydrogen-bond donors (Lipinski definition) is 0. The van der Waals surface area contributed by atoms with Crippen molar-refractivity contribution in [1.82, 2.24) is 0 Å². The van der Waals surface area contributed by atoms with Gasteiger partial charge >= 0.3 is 0 Å². The number of Topliss-reactive ketones (excluding diaryl/α,β-unsaturated/α-hetero) is 1. The van der Waals surface area contributed by atoms with Crippen LogP contribution in [-0.4, -0.2) is 38.4 Å². The Morgan fingerprint density at radius 2 is 1.86 bits per heavy atom. The van der Waals surface area contributed by atoms with E-state index in [1.165, 1.54) is 0 Å². The molecular weight excluding hydrogens is 286 g/mol. The van der Waals surface area contributed by atoms with Gasteiger partial charge in [-0.15, -0.1) is 0 Å². The molecule has 0 N–H and O–H groups in total. The van der Waals surface area contributed by atoms with Crippen LogP contribution in [0.2, 0.25) is 0 Å². The summed E-state index contributed by atoms with van der Waals surface area (Å²) in [5, 5.41) is 3.38. The van der Waals surface area contributed by atoms with Gasteiger partial charge in [0.1, 0.15) is 5.75 Å². The lowest BCUT2D eigenvalue weighted by molar-refractivity contribution is -0.167. The number of azide groups is 1. The zero-order chi connectivity index (χ0) is 16.2. The van der Waals surface area contributed by atoms with Crippen LogP contribution in [0.25, 0.3) is 10.4 Å². The first-order valence-corrected chi connectivity index (χ1v) is 7.19. The van der Waals surface area contributed by atoms with Gasteiger partial charge in [-0.05, 0) is 37.1 Å². The number of hydrogen-bond acceptors (Lipinski definition) is 5. The molecule has 0 heterocycles. The fraction of sp³-hybridized carbons (Fsp3) is 0.533. The number of ketones is 1. The highest BCUT2D eigenvalue weighted by Crippen LogP contribution is 2.14. The Hall–Kier alpha value is -2.08. The molecule has 0 spiro atoms. The third-order valence-electron chi connectivity index (χ3n) is 2.72. The summed E-state index contributed by atoms with van der Waals surface area (Å²) in [5.74, 6) is 0.552. The second kappa shape index (κ2) is 10.6. The standard InChI is InChI=1S/C15H21N3O4/c1-3-20-15(21-4-2)14(19)11-12-5-7-13(8-6-12)22-10-9-17-18-16/h5-8,15H,3-4,9-11H2,1-2H3. The van der Waals surface area contributed by atoms with E-state index in [0.29, 0.717) is 25.6 Å². The summed E-state index contributed by atoms with van der Waals surface area (Å²) in [5.41, 5.74) is 9.01. The van der Waals surface area contributed by atoms with Crippen LogP contribution in [-0.2, 0) is 20.7 Å². The van der Waals surface area contributed by atoms with Crippen LogP contribution in [0.3, 0.4) is 0 Å². The summed E-state index contributed by atoms with van der Waals surface area (Å²) >= 11 is 0. The van der Waals surface area contributed by atoms with Crippen molar-refractivity contribution in [2.75, 3.05) is 26.4 Å². The van der Waals surface area contributed by atoms with Gasteiger partial charge in [0.2, 0.25) is 6.29 Å². The minimum atomic E-state index is -0.810. The molecule has 0 bridgehead atoms. The van der Waals surface area contributed by atoms with E-state index in [2.05, 4.69) is 10.0 Å². The Kier molecular flexibility index (Phi) is 8.67. The molecule has 0 aliphatic rings. The van der Waals surface area contributed by atoms with E-state index < -0.39 is 6.29 Å². The van der Waals surface area contributed by atoms with Crippen molar-refractivity contribution in [2.45, 2.75) is 26.6 Å². The highest BCUT2D eigenvalue weighted by Gasteiger charge is 2.18. The van der Waals surface area contributed by atoms with Gasteiger partial charge in [0, 0.05) is 24.5 Å². The van der Waals surface area contributed by atoms with Crippen LogP contribution in [0.5, 0.6) is 5.75 Å². The molecule has 7 heteroatoms. The predicted molar refractivity (Wildman–Crippen MR) is 81.7 cm³/mol.